The van der Waals surface area contributed by atoms with Gasteiger partial charge in [0.15, 0.2) is 0 Å². The molecule has 15 heavy (non-hydrogen) atoms. The molecule has 0 amide bonds. The zero-order valence-corrected chi connectivity index (χ0v) is 10.3. The number of hydrogen-bond acceptors (Lipinski definition) is 3. The van der Waals surface area contributed by atoms with Crippen LogP contribution >= 0.6 is 0 Å². The van der Waals surface area contributed by atoms with Crippen LogP contribution in [0.15, 0.2) is 0 Å². The molecule has 1 saturated heterocycles. The summed E-state index contributed by atoms with van der Waals surface area (Å²) in [4.78, 5) is 15.9. The van der Waals surface area contributed by atoms with E-state index in [0.29, 0.717) is 11.7 Å². The molecule has 3 heteroatoms. The van der Waals surface area contributed by atoms with Crippen molar-refractivity contribution in [3.63, 3.8) is 0 Å². The molecule has 0 spiro atoms. The summed E-state index contributed by atoms with van der Waals surface area (Å²) in [6.45, 7) is 6.18. The molecule has 0 aromatic carbocycles. The molecule has 0 aromatic heterocycles. The minimum atomic E-state index is 0.304. The van der Waals surface area contributed by atoms with Crippen molar-refractivity contribution >= 4 is 5.78 Å². The Morgan fingerprint density at radius 1 is 1.47 bits per heavy atom. The molecule has 1 heterocycles. The average molecular weight is 212 g/mol. The van der Waals surface area contributed by atoms with E-state index in [4.69, 9.17) is 0 Å². The second kappa shape index (κ2) is 6.23. The van der Waals surface area contributed by atoms with Crippen molar-refractivity contribution in [3.8, 4) is 0 Å². The Labute approximate surface area is 93.4 Å². The van der Waals surface area contributed by atoms with Gasteiger partial charge in [0.1, 0.15) is 5.78 Å². The highest BCUT2D eigenvalue weighted by Gasteiger charge is 2.22. The first-order valence-corrected chi connectivity index (χ1v) is 5.97. The number of rotatable bonds is 5. The van der Waals surface area contributed by atoms with Gasteiger partial charge in [0, 0.05) is 12.5 Å². The summed E-state index contributed by atoms with van der Waals surface area (Å²) in [6.07, 6.45) is 3.49. The minimum absolute atomic E-state index is 0.304. The van der Waals surface area contributed by atoms with Gasteiger partial charge in [0.2, 0.25) is 0 Å². The Kier molecular flexibility index (Phi) is 5.26. The molecule has 1 rings (SSSR count). The van der Waals surface area contributed by atoms with Gasteiger partial charge in [-0.3, -0.25) is 4.79 Å². The topological polar surface area (TPSA) is 23.6 Å². The standard InChI is InChI=1S/C12H24N2O/c1-11(15)12-6-4-8-14(10-12)9-5-7-13(2)3/h12H,4-10H2,1-3H3. The van der Waals surface area contributed by atoms with Crippen LogP contribution in [0.3, 0.4) is 0 Å². The first kappa shape index (κ1) is 12.7. The van der Waals surface area contributed by atoms with Crippen LogP contribution in [0.4, 0.5) is 0 Å². The molecule has 0 bridgehead atoms. The SMILES string of the molecule is CC(=O)C1CCCN(CCCN(C)C)C1. The van der Waals surface area contributed by atoms with Crippen molar-refractivity contribution in [2.24, 2.45) is 5.92 Å². The summed E-state index contributed by atoms with van der Waals surface area (Å²) in [5.41, 5.74) is 0. The van der Waals surface area contributed by atoms with Gasteiger partial charge in [0.05, 0.1) is 0 Å². The number of hydrogen-bond donors (Lipinski definition) is 0. The Morgan fingerprint density at radius 3 is 2.80 bits per heavy atom. The number of Topliss-reactive ketones (excluding diaryl/α,β-unsaturated/α-hetero) is 1. The quantitative estimate of drug-likeness (QED) is 0.685. The first-order chi connectivity index (χ1) is 7.09. The fourth-order valence-corrected chi connectivity index (χ4v) is 2.20. The van der Waals surface area contributed by atoms with Gasteiger partial charge < -0.3 is 9.80 Å². The van der Waals surface area contributed by atoms with Crippen molar-refractivity contribution in [2.75, 3.05) is 40.3 Å². The van der Waals surface area contributed by atoms with Gasteiger partial charge >= 0.3 is 0 Å². The fourth-order valence-electron chi connectivity index (χ4n) is 2.20. The molecule has 1 aliphatic heterocycles. The van der Waals surface area contributed by atoms with Crippen LogP contribution in [0.1, 0.15) is 26.2 Å². The lowest BCUT2D eigenvalue weighted by Gasteiger charge is -2.31. The molecule has 1 fully saturated rings. The average Bonchev–Trinajstić information content (AvgIpc) is 2.17. The third kappa shape index (κ3) is 4.76. The Morgan fingerprint density at radius 2 is 2.20 bits per heavy atom. The third-order valence-corrected chi connectivity index (χ3v) is 3.16. The van der Waals surface area contributed by atoms with Gasteiger partial charge in [-0.15, -0.1) is 0 Å². The highest BCUT2D eigenvalue weighted by Crippen LogP contribution is 2.17. The smallest absolute Gasteiger partial charge is 0.134 e. The molecular formula is C12H24N2O. The monoisotopic (exact) mass is 212 g/mol. The van der Waals surface area contributed by atoms with E-state index in [0.717, 1.165) is 26.1 Å². The number of ketones is 1. The van der Waals surface area contributed by atoms with E-state index >= 15 is 0 Å². The molecular weight excluding hydrogens is 188 g/mol. The highest BCUT2D eigenvalue weighted by atomic mass is 16.1. The van der Waals surface area contributed by atoms with Crippen LogP contribution in [-0.4, -0.2) is 55.9 Å². The number of carbonyl (C=O) groups excluding carboxylic acids is 1. The lowest BCUT2D eigenvalue weighted by molar-refractivity contribution is -0.122. The van der Waals surface area contributed by atoms with Gasteiger partial charge in [-0.1, -0.05) is 0 Å². The zero-order valence-electron chi connectivity index (χ0n) is 10.3. The molecule has 88 valence electrons. The van der Waals surface area contributed by atoms with Crippen LogP contribution in [0.25, 0.3) is 0 Å². The van der Waals surface area contributed by atoms with E-state index in [2.05, 4.69) is 23.9 Å². The van der Waals surface area contributed by atoms with E-state index in [1.165, 1.54) is 19.4 Å². The fraction of sp³-hybridized carbons (Fsp3) is 0.917. The minimum Gasteiger partial charge on any atom is -0.309 e. The maximum atomic E-state index is 11.3. The maximum absolute atomic E-state index is 11.3. The second-order valence-corrected chi connectivity index (χ2v) is 4.91. The molecule has 0 aliphatic carbocycles. The van der Waals surface area contributed by atoms with Crippen molar-refractivity contribution in [1.29, 1.82) is 0 Å². The Hall–Kier alpha value is -0.410. The molecule has 1 aliphatic rings. The van der Waals surface area contributed by atoms with Crippen molar-refractivity contribution in [3.05, 3.63) is 0 Å². The summed E-state index contributed by atoms with van der Waals surface area (Å²) in [7, 11) is 4.21. The van der Waals surface area contributed by atoms with Gasteiger partial charge in [-0.2, -0.15) is 0 Å². The number of nitrogens with zero attached hydrogens (tertiary/aromatic N) is 2. The molecule has 0 N–H and O–H groups in total. The van der Waals surface area contributed by atoms with Crippen LogP contribution in [0.2, 0.25) is 0 Å². The van der Waals surface area contributed by atoms with Crippen LogP contribution in [0.5, 0.6) is 0 Å². The predicted molar refractivity (Wildman–Crippen MR) is 63.0 cm³/mol. The molecule has 0 radical (unpaired) electrons. The second-order valence-electron chi connectivity index (χ2n) is 4.91. The van der Waals surface area contributed by atoms with Crippen LogP contribution in [-0.2, 0) is 4.79 Å². The van der Waals surface area contributed by atoms with E-state index in [1.54, 1.807) is 6.92 Å². The van der Waals surface area contributed by atoms with Crippen LogP contribution in [0, 0.1) is 5.92 Å². The summed E-state index contributed by atoms with van der Waals surface area (Å²) in [5, 5.41) is 0. The van der Waals surface area contributed by atoms with Gasteiger partial charge in [-0.25, -0.2) is 0 Å². The lowest BCUT2D eigenvalue weighted by Crippen LogP contribution is -2.39. The zero-order chi connectivity index (χ0) is 11.3. The van der Waals surface area contributed by atoms with E-state index in [1.807, 2.05) is 0 Å². The Bertz CT molecular complexity index is 204. The largest absolute Gasteiger partial charge is 0.309 e. The lowest BCUT2D eigenvalue weighted by atomic mass is 9.94. The molecule has 1 unspecified atom stereocenters. The van der Waals surface area contributed by atoms with E-state index < -0.39 is 0 Å². The predicted octanol–water partition coefficient (Wildman–Crippen LogP) is 1.24. The highest BCUT2D eigenvalue weighted by molar-refractivity contribution is 5.78. The number of carbonyl (C=O) groups is 1. The van der Waals surface area contributed by atoms with Crippen molar-refractivity contribution in [2.45, 2.75) is 26.2 Å². The van der Waals surface area contributed by atoms with E-state index in [9.17, 15) is 4.79 Å². The normalized spacial score (nSPS) is 23.3. The summed E-state index contributed by atoms with van der Waals surface area (Å²) < 4.78 is 0. The third-order valence-electron chi connectivity index (χ3n) is 3.16. The summed E-state index contributed by atoms with van der Waals surface area (Å²) in [5.74, 6) is 0.672. The molecule has 0 aromatic rings. The number of piperidine rings is 1. The van der Waals surface area contributed by atoms with Crippen LogP contribution < -0.4 is 0 Å². The summed E-state index contributed by atoms with van der Waals surface area (Å²) in [6, 6.07) is 0. The molecule has 1 atom stereocenters. The summed E-state index contributed by atoms with van der Waals surface area (Å²) >= 11 is 0. The molecule has 0 saturated carbocycles. The van der Waals surface area contributed by atoms with Gasteiger partial charge in [0.25, 0.3) is 0 Å². The van der Waals surface area contributed by atoms with Crippen molar-refractivity contribution in [1.82, 2.24) is 9.80 Å². The first-order valence-electron chi connectivity index (χ1n) is 5.97. The maximum Gasteiger partial charge on any atom is 0.134 e. The van der Waals surface area contributed by atoms with Gasteiger partial charge in [-0.05, 0) is 59.9 Å². The number of likely N-dealkylation sites (tertiary alicyclic amines) is 1. The van der Waals surface area contributed by atoms with E-state index in [-0.39, 0.29) is 0 Å². The molecule has 3 nitrogen and oxygen atoms in total. The van der Waals surface area contributed by atoms with Crippen molar-refractivity contribution < 1.29 is 4.79 Å². The Balaban J connectivity index is 2.21.